The summed E-state index contributed by atoms with van der Waals surface area (Å²) in [4.78, 5) is 23.2. The fourth-order valence-corrected chi connectivity index (χ4v) is 3.59. The summed E-state index contributed by atoms with van der Waals surface area (Å²) in [6.07, 6.45) is 7.05. The van der Waals surface area contributed by atoms with Gasteiger partial charge in [-0.25, -0.2) is 19.9 Å². The van der Waals surface area contributed by atoms with E-state index in [0.717, 1.165) is 60.4 Å². The average molecular weight is 403 g/mol. The topological polar surface area (TPSA) is 58.0 Å². The Bertz CT molecular complexity index is 751. The Morgan fingerprint density at radius 2 is 1.68 bits per heavy atom. The SMILES string of the molecule is CCc1c(C)nc(C2CC2)nc1N1CCN(c2ncc(Br)cn2)CC1. The standard InChI is InChI=1S/C18H23BrN6/c1-3-15-12(2)22-16(13-4-5-13)23-17(15)24-6-8-25(9-7-24)18-20-10-14(19)11-21-18/h10-11,13H,3-9H2,1-2H3. The van der Waals surface area contributed by atoms with Crippen LogP contribution in [0.4, 0.5) is 11.8 Å². The molecule has 2 fully saturated rings. The lowest BCUT2D eigenvalue weighted by Gasteiger charge is -2.36. The number of halogens is 1. The van der Waals surface area contributed by atoms with Crippen molar-refractivity contribution in [3.05, 3.63) is 33.9 Å². The predicted octanol–water partition coefficient (Wildman–Crippen LogP) is 3.10. The van der Waals surface area contributed by atoms with E-state index in [1.165, 1.54) is 18.4 Å². The van der Waals surface area contributed by atoms with E-state index in [4.69, 9.17) is 9.97 Å². The maximum absolute atomic E-state index is 4.96. The van der Waals surface area contributed by atoms with Gasteiger partial charge in [-0.05, 0) is 42.1 Å². The molecule has 4 rings (SSSR count). The zero-order chi connectivity index (χ0) is 17.4. The van der Waals surface area contributed by atoms with Gasteiger partial charge in [0.2, 0.25) is 5.95 Å². The molecule has 1 aliphatic heterocycles. The molecule has 1 saturated heterocycles. The van der Waals surface area contributed by atoms with Crippen molar-refractivity contribution in [3.63, 3.8) is 0 Å². The number of nitrogens with zero attached hydrogens (tertiary/aromatic N) is 6. The molecule has 2 aromatic rings. The van der Waals surface area contributed by atoms with Crippen molar-refractivity contribution in [2.75, 3.05) is 36.0 Å². The third kappa shape index (κ3) is 3.47. The third-order valence-electron chi connectivity index (χ3n) is 4.97. The second kappa shape index (κ2) is 6.86. The fraction of sp³-hybridized carbons (Fsp3) is 0.556. The first-order valence-electron chi connectivity index (χ1n) is 9.00. The van der Waals surface area contributed by atoms with Crippen LogP contribution in [-0.4, -0.2) is 46.1 Å². The molecule has 6 nitrogen and oxygen atoms in total. The summed E-state index contributed by atoms with van der Waals surface area (Å²) in [5.41, 5.74) is 2.44. The molecule has 3 heterocycles. The maximum Gasteiger partial charge on any atom is 0.225 e. The first-order valence-corrected chi connectivity index (χ1v) is 9.80. The highest BCUT2D eigenvalue weighted by Crippen LogP contribution is 2.39. The molecule has 0 bridgehead atoms. The van der Waals surface area contributed by atoms with Gasteiger partial charge in [0.1, 0.15) is 11.6 Å². The van der Waals surface area contributed by atoms with E-state index in [-0.39, 0.29) is 0 Å². The van der Waals surface area contributed by atoms with Crippen molar-refractivity contribution in [3.8, 4) is 0 Å². The minimum atomic E-state index is 0.584. The Morgan fingerprint density at radius 1 is 1.04 bits per heavy atom. The average Bonchev–Trinajstić information content (AvgIpc) is 3.47. The van der Waals surface area contributed by atoms with Crippen molar-refractivity contribution in [2.24, 2.45) is 0 Å². The van der Waals surface area contributed by atoms with E-state index in [9.17, 15) is 0 Å². The van der Waals surface area contributed by atoms with Gasteiger partial charge in [0.15, 0.2) is 0 Å². The van der Waals surface area contributed by atoms with Crippen LogP contribution in [0.3, 0.4) is 0 Å². The zero-order valence-electron chi connectivity index (χ0n) is 14.7. The summed E-state index contributed by atoms with van der Waals surface area (Å²) in [5, 5.41) is 0. The van der Waals surface area contributed by atoms with Gasteiger partial charge in [-0.2, -0.15) is 0 Å². The van der Waals surface area contributed by atoms with Gasteiger partial charge in [-0.3, -0.25) is 0 Å². The lowest BCUT2D eigenvalue weighted by molar-refractivity contribution is 0.628. The molecular formula is C18H23BrN6. The molecule has 0 radical (unpaired) electrons. The lowest BCUT2D eigenvalue weighted by atomic mass is 10.1. The van der Waals surface area contributed by atoms with Crippen molar-refractivity contribution in [1.29, 1.82) is 0 Å². The van der Waals surface area contributed by atoms with Crippen LogP contribution in [0, 0.1) is 6.92 Å². The molecule has 1 saturated carbocycles. The largest absolute Gasteiger partial charge is 0.353 e. The van der Waals surface area contributed by atoms with Gasteiger partial charge in [0, 0.05) is 55.7 Å². The number of hydrogen-bond acceptors (Lipinski definition) is 6. The van der Waals surface area contributed by atoms with E-state index in [1.54, 1.807) is 12.4 Å². The van der Waals surface area contributed by atoms with E-state index in [0.29, 0.717) is 5.92 Å². The van der Waals surface area contributed by atoms with Gasteiger partial charge in [0.05, 0.1) is 4.47 Å². The first-order chi connectivity index (χ1) is 12.2. The second-order valence-corrected chi connectivity index (χ2v) is 7.69. The third-order valence-corrected chi connectivity index (χ3v) is 5.38. The van der Waals surface area contributed by atoms with Crippen LogP contribution >= 0.6 is 15.9 Å². The molecule has 0 aromatic carbocycles. The Morgan fingerprint density at radius 3 is 2.28 bits per heavy atom. The van der Waals surface area contributed by atoms with Crippen molar-refractivity contribution in [1.82, 2.24) is 19.9 Å². The number of aryl methyl sites for hydroxylation is 1. The summed E-state index contributed by atoms with van der Waals surface area (Å²) in [6, 6.07) is 0. The second-order valence-electron chi connectivity index (χ2n) is 6.77. The molecule has 2 aromatic heterocycles. The summed E-state index contributed by atoms with van der Waals surface area (Å²) >= 11 is 3.39. The van der Waals surface area contributed by atoms with Crippen molar-refractivity contribution >= 4 is 27.7 Å². The van der Waals surface area contributed by atoms with Crippen LogP contribution in [0.1, 0.15) is 42.8 Å². The van der Waals surface area contributed by atoms with Gasteiger partial charge in [-0.15, -0.1) is 0 Å². The molecule has 132 valence electrons. The molecule has 0 atom stereocenters. The fourth-order valence-electron chi connectivity index (χ4n) is 3.39. The van der Waals surface area contributed by atoms with Gasteiger partial charge >= 0.3 is 0 Å². The van der Waals surface area contributed by atoms with Crippen LogP contribution in [0.15, 0.2) is 16.9 Å². The summed E-state index contributed by atoms with van der Waals surface area (Å²) in [5.74, 6) is 3.58. The summed E-state index contributed by atoms with van der Waals surface area (Å²) in [7, 11) is 0. The summed E-state index contributed by atoms with van der Waals surface area (Å²) < 4.78 is 0.909. The molecule has 25 heavy (non-hydrogen) atoms. The van der Waals surface area contributed by atoms with Crippen LogP contribution in [0.5, 0.6) is 0 Å². The molecule has 0 spiro atoms. The summed E-state index contributed by atoms with van der Waals surface area (Å²) in [6.45, 7) is 8.01. The molecular weight excluding hydrogens is 380 g/mol. The highest BCUT2D eigenvalue weighted by Gasteiger charge is 2.29. The molecule has 1 aliphatic carbocycles. The number of hydrogen-bond donors (Lipinski definition) is 0. The van der Waals surface area contributed by atoms with Crippen LogP contribution in [0.2, 0.25) is 0 Å². The minimum absolute atomic E-state index is 0.584. The monoisotopic (exact) mass is 402 g/mol. The quantitative estimate of drug-likeness (QED) is 0.782. The van der Waals surface area contributed by atoms with Crippen LogP contribution < -0.4 is 9.80 Å². The van der Waals surface area contributed by atoms with E-state index < -0.39 is 0 Å². The van der Waals surface area contributed by atoms with E-state index in [2.05, 4.69) is 49.5 Å². The van der Waals surface area contributed by atoms with E-state index in [1.807, 2.05) is 0 Å². The number of aromatic nitrogens is 4. The minimum Gasteiger partial charge on any atom is -0.353 e. The molecule has 0 unspecified atom stereocenters. The van der Waals surface area contributed by atoms with E-state index >= 15 is 0 Å². The maximum atomic E-state index is 4.96. The normalized spacial score (nSPS) is 17.9. The van der Waals surface area contributed by atoms with Crippen LogP contribution in [-0.2, 0) is 6.42 Å². The molecule has 0 amide bonds. The van der Waals surface area contributed by atoms with Gasteiger partial charge in [0.25, 0.3) is 0 Å². The Labute approximate surface area is 156 Å². The smallest absolute Gasteiger partial charge is 0.225 e. The predicted molar refractivity (Wildman–Crippen MR) is 102 cm³/mol. The van der Waals surface area contributed by atoms with Crippen molar-refractivity contribution in [2.45, 2.75) is 39.0 Å². The highest BCUT2D eigenvalue weighted by molar-refractivity contribution is 9.10. The zero-order valence-corrected chi connectivity index (χ0v) is 16.3. The lowest BCUT2D eigenvalue weighted by Crippen LogP contribution is -2.47. The number of piperazine rings is 1. The Kier molecular flexibility index (Phi) is 4.58. The van der Waals surface area contributed by atoms with Crippen molar-refractivity contribution < 1.29 is 0 Å². The molecule has 2 aliphatic rings. The number of anilines is 2. The molecule has 7 heteroatoms. The number of rotatable bonds is 4. The first kappa shape index (κ1) is 16.7. The Hall–Kier alpha value is -1.76. The highest BCUT2D eigenvalue weighted by atomic mass is 79.9. The van der Waals surface area contributed by atoms with Crippen LogP contribution in [0.25, 0.3) is 0 Å². The Balaban J connectivity index is 1.53. The molecule has 0 N–H and O–H groups in total. The van der Waals surface area contributed by atoms with Gasteiger partial charge in [-0.1, -0.05) is 6.92 Å². The van der Waals surface area contributed by atoms with Gasteiger partial charge < -0.3 is 9.80 Å².